The maximum Gasteiger partial charge on any atom is 0.410 e. The SMILES string of the molecule is C=CCN1CC(C=C)OC1=O. The zero-order valence-corrected chi connectivity index (χ0v) is 6.32. The Bertz CT molecular complexity index is 189. The standard InChI is InChI=1S/C8H11NO2/c1-3-5-9-6-7(4-2)11-8(9)10/h3-4,7H,1-2,5-6H2. The van der Waals surface area contributed by atoms with Gasteiger partial charge in [0.25, 0.3) is 0 Å². The molecule has 1 aliphatic heterocycles. The quantitative estimate of drug-likeness (QED) is 0.570. The Morgan fingerprint density at radius 2 is 2.45 bits per heavy atom. The molecular weight excluding hydrogens is 142 g/mol. The maximum atomic E-state index is 10.9. The topological polar surface area (TPSA) is 29.5 Å². The Labute approximate surface area is 65.9 Å². The van der Waals surface area contributed by atoms with Gasteiger partial charge in [-0.15, -0.1) is 6.58 Å². The average Bonchev–Trinajstić information content (AvgIpc) is 2.33. The summed E-state index contributed by atoms with van der Waals surface area (Å²) in [4.78, 5) is 12.5. The van der Waals surface area contributed by atoms with Crippen LogP contribution < -0.4 is 0 Å². The van der Waals surface area contributed by atoms with E-state index in [0.29, 0.717) is 13.1 Å². The van der Waals surface area contributed by atoms with Gasteiger partial charge >= 0.3 is 6.09 Å². The summed E-state index contributed by atoms with van der Waals surface area (Å²) in [6.45, 7) is 8.21. The Morgan fingerprint density at radius 3 is 2.91 bits per heavy atom. The molecule has 3 heteroatoms. The number of rotatable bonds is 3. The van der Waals surface area contributed by atoms with Crippen LogP contribution in [0, 0.1) is 0 Å². The van der Waals surface area contributed by atoms with E-state index in [2.05, 4.69) is 13.2 Å². The molecule has 11 heavy (non-hydrogen) atoms. The van der Waals surface area contributed by atoms with Gasteiger partial charge in [0.15, 0.2) is 0 Å². The van der Waals surface area contributed by atoms with Crippen LogP contribution in [-0.2, 0) is 4.74 Å². The van der Waals surface area contributed by atoms with Crippen molar-refractivity contribution < 1.29 is 9.53 Å². The minimum absolute atomic E-state index is 0.151. The summed E-state index contributed by atoms with van der Waals surface area (Å²) in [6.07, 6.45) is 2.87. The molecule has 0 saturated carbocycles. The summed E-state index contributed by atoms with van der Waals surface area (Å²) in [5, 5.41) is 0. The monoisotopic (exact) mass is 153 g/mol. The van der Waals surface area contributed by atoms with Gasteiger partial charge < -0.3 is 9.64 Å². The van der Waals surface area contributed by atoms with Crippen molar-refractivity contribution in [1.82, 2.24) is 4.90 Å². The highest BCUT2D eigenvalue weighted by atomic mass is 16.6. The van der Waals surface area contributed by atoms with E-state index < -0.39 is 0 Å². The smallest absolute Gasteiger partial charge is 0.410 e. The van der Waals surface area contributed by atoms with E-state index in [9.17, 15) is 4.79 Å². The normalized spacial score (nSPS) is 23.1. The number of hydrogen-bond acceptors (Lipinski definition) is 2. The minimum atomic E-state index is -0.283. The first-order valence-corrected chi connectivity index (χ1v) is 3.47. The van der Waals surface area contributed by atoms with Gasteiger partial charge in [-0.3, -0.25) is 0 Å². The number of carbonyl (C=O) groups is 1. The summed E-state index contributed by atoms with van der Waals surface area (Å²) in [7, 11) is 0. The van der Waals surface area contributed by atoms with Gasteiger partial charge in [-0.2, -0.15) is 0 Å². The van der Waals surface area contributed by atoms with Crippen LogP contribution in [0.4, 0.5) is 4.79 Å². The molecule has 0 aromatic carbocycles. The first-order valence-electron chi connectivity index (χ1n) is 3.47. The Morgan fingerprint density at radius 1 is 1.73 bits per heavy atom. The molecule has 1 saturated heterocycles. The molecule has 0 aromatic heterocycles. The summed E-state index contributed by atoms with van der Waals surface area (Å²) in [6, 6.07) is 0. The van der Waals surface area contributed by atoms with Crippen LogP contribution in [0.2, 0.25) is 0 Å². The molecule has 1 aliphatic rings. The lowest BCUT2D eigenvalue weighted by Crippen LogP contribution is -2.24. The van der Waals surface area contributed by atoms with Crippen LogP contribution in [0.3, 0.4) is 0 Å². The summed E-state index contributed by atoms with van der Waals surface area (Å²) in [5.41, 5.74) is 0. The molecule has 1 amide bonds. The second-order valence-corrected chi connectivity index (χ2v) is 2.35. The first-order chi connectivity index (χ1) is 5.27. The van der Waals surface area contributed by atoms with E-state index in [4.69, 9.17) is 4.74 Å². The van der Waals surface area contributed by atoms with Gasteiger partial charge in [0.2, 0.25) is 0 Å². The Hall–Kier alpha value is -1.25. The van der Waals surface area contributed by atoms with Gasteiger partial charge in [-0.1, -0.05) is 12.7 Å². The maximum absolute atomic E-state index is 10.9. The zero-order chi connectivity index (χ0) is 8.27. The van der Waals surface area contributed by atoms with Crippen LogP contribution in [-0.4, -0.2) is 30.2 Å². The number of cyclic esters (lactones) is 1. The molecule has 0 N–H and O–H groups in total. The Balaban J connectivity index is 2.50. The fraction of sp³-hybridized carbons (Fsp3) is 0.375. The van der Waals surface area contributed by atoms with Crippen molar-refractivity contribution in [3.05, 3.63) is 25.3 Å². The summed E-state index contributed by atoms with van der Waals surface area (Å²) in [5.74, 6) is 0. The molecule has 0 spiro atoms. The largest absolute Gasteiger partial charge is 0.440 e. The molecule has 0 bridgehead atoms. The van der Waals surface area contributed by atoms with Crippen molar-refractivity contribution in [3.8, 4) is 0 Å². The molecule has 0 radical (unpaired) electrons. The lowest BCUT2D eigenvalue weighted by Gasteiger charge is -2.07. The van der Waals surface area contributed by atoms with Crippen molar-refractivity contribution in [2.45, 2.75) is 6.10 Å². The first kappa shape index (κ1) is 7.85. The molecule has 1 unspecified atom stereocenters. The molecular formula is C8H11NO2. The number of carbonyl (C=O) groups excluding carboxylic acids is 1. The van der Waals surface area contributed by atoms with Crippen LogP contribution in [0.15, 0.2) is 25.3 Å². The fourth-order valence-corrected chi connectivity index (χ4v) is 0.961. The number of hydrogen-bond donors (Lipinski definition) is 0. The number of nitrogens with zero attached hydrogens (tertiary/aromatic N) is 1. The van der Waals surface area contributed by atoms with E-state index in [1.54, 1.807) is 17.1 Å². The second-order valence-electron chi connectivity index (χ2n) is 2.35. The fourth-order valence-electron chi connectivity index (χ4n) is 0.961. The Kier molecular flexibility index (Phi) is 2.31. The van der Waals surface area contributed by atoms with Gasteiger partial charge in [0, 0.05) is 6.54 Å². The predicted molar refractivity (Wildman–Crippen MR) is 42.2 cm³/mol. The van der Waals surface area contributed by atoms with Crippen molar-refractivity contribution >= 4 is 6.09 Å². The van der Waals surface area contributed by atoms with Crippen molar-refractivity contribution in [2.75, 3.05) is 13.1 Å². The third kappa shape index (κ3) is 1.61. The van der Waals surface area contributed by atoms with E-state index >= 15 is 0 Å². The highest BCUT2D eigenvalue weighted by molar-refractivity contribution is 5.70. The third-order valence-corrected chi connectivity index (χ3v) is 1.52. The zero-order valence-electron chi connectivity index (χ0n) is 6.32. The highest BCUT2D eigenvalue weighted by Gasteiger charge is 2.27. The van der Waals surface area contributed by atoms with E-state index in [-0.39, 0.29) is 12.2 Å². The lowest BCUT2D eigenvalue weighted by molar-refractivity contribution is 0.147. The van der Waals surface area contributed by atoms with Gasteiger partial charge in [-0.05, 0) is 6.08 Å². The van der Waals surface area contributed by atoms with Crippen LogP contribution in [0.5, 0.6) is 0 Å². The van der Waals surface area contributed by atoms with Crippen molar-refractivity contribution in [3.63, 3.8) is 0 Å². The molecule has 1 heterocycles. The summed E-state index contributed by atoms with van der Waals surface area (Å²) >= 11 is 0. The van der Waals surface area contributed by atoms with E-state index in [1.165, 1.54) is 0 Å². The van der Waals surface area contributed by atoms with Gasteiger partial charge in [-0.25, -0.2) is 4.79 Å². The predicted octanol–water partition coefficient (Wildman–Crippen LogP) is 1.18. The van der Waals surface area contributed by atoms with Crippen molar-refractivity contribution in [1.29, 1.82) is 0 Å². The molecule has 0 aromatic rings. The summed E-state index contributed by atoms with van der Waals surface area (Å²) < 4.78 is 4.90. The molecule has 1 rings (SSSR count). The van der Waals surface area contributed by atoms with Crippen molar-refractivity contribution in [2.24, 2.45) is 0 Å². The van der Waals surface area contributed by atoms with Gasteiger partial charge in [0.05, 0.1) is 6.54 Å². The van der Waals surface area contributed by atoms with E-state index in [1.807, 2.05) is 0 Å². The van der Waals surface area contributed by atoms with Gasteiger partial charge in [0.1, 0.15) is 6.10 Å². The molecule has 1 atom stereocenters. The number of amides is 1. The van der Waals surface area contributed by atoms with Crippen LogP contribution in [0.1, 0.15) is 0 Å². The molecule has 1 fully saturated rings. The molecule has 3 nitrogen and oxygen atoms in total. The van der Waals surface area contributed by atoms with Crippen LogP contribution in [0.25, 0.3) is 0 Å². The third-order valence-electron chi connectivity index (χ3n) is 1.52. The molecule has 60 valence electrons. The molecule has 0 aliphatic carbocycles. The van der Waals surface area contributed by atoms with Crippen LogP contribution >= 0.6 is 0 Å². The lowest BCUT2D eigenvalue weighted by atomic mass is 10.3. The highest BCUT2D eigenvalue weighted by Crippen LogP contribution is 2.10. The van der Waals surface area contributed by atoms with E-state index in [0.717, 1.165) is 0 Å². The second kappa shape index (κ2) is 3.23. The average molecular weight is 153 g/mol. The number of ether oxygens (including phenoxy) is 1. The minimum Gasteiger partial charge on any atom is -0.440 e.